The second-order valence-electron chi connectivity index (χ2n) is 5.56. The SMILES string of the molecule is CCCc1ccc(C(N)=CC(=Nc2ccccc2)NC(=O)CCl)cc1. The second kappa shape index (κ2) is 9.64. The monoisotopic (exact) mass is 355 g/mol. The van der Waals surface area contributed by atoms with Crippen LogP contribution in [-0.4, -0.2) is 17.6 Å². The number of aliphatic imine (C=N–C) groups is 1. The van der Waals surface area contributed by atoms with E-state index >= 15 is 0 Å². The Hall–Kier alpha value is -2.59. The van der Waals surface area contributed by atoms with E-state index in [-0.39, 0.29) is 11.8 Å². The number of aryl methyl sites for hydroxylation is 1. The molecule has 0 unspecified atom stereocenters. The molecule has 0 aliphatic carbocycles. The summed E-state index contributed by atoms with van der Waals surface area (Å²) in [5.74, 6) is -0.126. The van der Waals surface area contributed by atoms with Gasteiger partial charge in [0.15, 0.2) is 0 Å². The van der Waals surface area contributed by atoms with E-state index in [1.807, 2.05) is 42.5 Å². The highest BCUT2D eigenvalue weighted by Gasteiger charge is 2.05. The van der Waals surface area contributed by atoms with E-state index < -0.39 is 0 Å². The average molecular weight is 356 g/mol. The van der Waals surface area contributed by atoms with Crippen LogP contribution in [-0.2, 0) is 11.2 Å². The molecule has 0 fully saturated rings. The Morgan fingerprint density at radius 3 is 2.44 bits per heavy atom. The zero-order chi connectivity index (χ0) is 18.1. The number of amides is 1. The van der Waals surface area contributed by atoms with Crippen molar-refractivity contribution in [2.75, 3.05) is 5.88 Å². The molecule has 0 saturated heterocycles. The van der Waals surface area contributed by atoms with Gasteiger partial charge in [0.05, 0.1) is 5.69 Å². The van der Waals surface area contributed by atoms with Gasteiger partial charge in [-0.05, 0) is 29.7 Å². The number of carbonyl (C=O) groups is 1. The number of rotatable bonds is 6. The van der Waals surface area contributed by atoms with Gasteiger partial charge < -0.3 is 11.1 Å². The quantitative estimate of drug-likeness (QED) is 0.466. The minimum absolute atomic E-state index is 0.146. The molecule has 0 atom stereocenters. The van der Waals surface area contributed by atoms with Crippen LogP contribution in [0, 0.1) is 0 Å². The van der Waals surface area contributed by atoms with E-state index in [0.717, 1.165) is 24.1 Å². The first kappa shape index (κ1) is 18.7. The molecule has 1 amide bonds. The van der Waals surface area contributed by atoms with Gasteiger partial charge in [0.25, 0.3) is 0 Å². The predicted molar refractivity (Wildman–Crippen MR) is 105 cm³/mol. The Kier molecular flexibility index (Phi) is 7.23. The van der Waals surface area contributed by atoms with Crippen LogP contribution in [0.1, 0.15) is 24.5 Å². The third-order valence-electron chi connectivity index (χ3n) is 3.51. The first-order valence-corrected chi connectivity index (χ1v) is 8.72. The number of alkyl halides is 1. The lowest BCUT2D eigenvalue weighted by molar-refractivity contribution is -0.117. The van der Waals surface area contributed by atoms with Crippen LogP contribution >= 0.6 is 11.6 Å². The zero-order valence-electron chi connectivity index (χ0n) is 14.2. The van der Waals surface area contributed by atoms with Gasteiger partial charge in [0, 0.05) is 11.8 Å². The molecule has 0 saturated carbocycles. The first-order valence-electron chi connectivity index (χ1n) is 8.18. The minimum atomic E-state index is -0.335. The highest BCUT2D eigenvalue weighted by atomic mass is 35.5. The van der Waals surface area contributed by atoms with Crippen LogP contribution in [0.4, 0.5) is 5.69 Å². The maximum atomic E-state index is 11.7. The maximum absolute atomic E-state index is 11.7. The molecule has 2 aromatic carbocycles. The minimum Gasteiger partial charge on any atom is -0.398 e. The number of hydrogen-bond acceptors (Lipinski definition) is 3. The summed E-state index contributed by atoms with van der Waals surface area (Å²) in [7, 11) is 0. The molecule has 0 heterocycles. The largest absolute Gasteiger partial charge is 0.398 e. The summed E-state index contributed by atoms with van der Waals surface area (Å²) in [6.07, 6.45) is 3.78. The standard InChI is InChI=1S/C20H22ClN3O/c1-2-6-15-9-11-16(12-10-15)18(22)13-19(24-20(25)14-21)23-17-7-4-3-5-8-17/h3-5,7-13H,2,6,14,22H2,1H3,(H,23,24,25). The van der Waals surface area contributed by atoms with Crippen molar-refractivity contribution in [3.05, 3.63) is 71.8 Å². The molecule has 25 heavy (non-hydrogen) atoms. The molecule has 2 aromatic rings. The van der Waals surface area contributed by atoms with Crippen molar-refractivity contribution in [2.24, 2.45) is 10.7 Å². The smallest absolute Gasteiger partial charge is 0.240 e. The molecule has 0 spiro atoms. The average Bonchev–Trinajstić information content (AvgIpc) is 2.63. The van der Waals surface area contributed by atoms with Crippen molar-refractivity contribution in [3.8, 4) is 0 Å². The summed E-state index contributed by atoms with van der Waals surface area (Å²) in [5.41, 5.74) is 9.57. The number of para-hydroxylation sites is 1. The van der Waals surface area contributed by atoms with Crippen molar-refractivity contribution < 1.29 is 4.79 Å². The van der Waals surface area contributed by atoms with Gasteiger partial charge in [0.1, 0.15) is 11.7 Å². The van der Waals surface area contributed by atoms with Crippen molar-refractivity contribution in [3.63, 3.8) is 0 Å². The Labute approximate surface area is 153 Å². The second-order valence-corrected chi connectivity index (χ2v) is 5.83. The summed E-state index contributed by atoms with van der Waals surface area (Å²) in [5, 5.41) is 2.67. The Morgan fingerprint density at radius 2 is 1.84 bits per heavy atom. The maximum Gasteiger partial charge on any atom is 0.240 e. The van der Waals surface area contributed by atoms with E-state index in [4.69, 9.17) is 17.3 Å². The zero-order valence-corrected chi connectivity index (χ0v) is 15.0. The van der Waals surface area contributed by atoms with Crippen molar-refractivity contribution in [1.82, 2.24) is 5.32 Å². The van der Waals surface area contributed by atoms with Gasteiger partial charge in [-0.3, -0.25) is 4.79 Å². The van der Waals surface area contributed by atoms with E-state index in [2.05, 4.69) is 29.4 Å². The molecule has 0 radical (unpaired) electrons. The highest BCUT2D eigenvalue weighted by Crippen LogP contribution is 2.14. The molecule has 5 heteroatoms. The summed E-state index contributed by atoms with van der Waals surface area (Å²) >= 11 is 5.58. The molecule has 0 aromatic heterocycles. The van der Waals surface area contributed by atoms with Gasteiger partial charge in [-0.2, -0.15) is 0 Å². The number of nitrogens with one attached hydrogen (secondary N) is 1. The van der Waals surface area contributed by atoms with Crippen molar-refractivity contribution in [1.29, 1.82) is 0 Å². The van der Waals surface area contributed by atoms with E-state index in [9.17, 15) is 4.79 Å². The van der Waals surface area contributed by atoms with Gasteiger partial charge in [-0.15, -0.1) is 11.6 Å². The number of hydrogen-bond donors (Lipinski definition) is 2. The summed E-state index contributed by atoms with van der Waals surface area (Å²) in [6, 6.07) is 17.4. The van der Waals surface area contributed by atoms with Crippen LogP contribution < -0.4 is 11.1 Å². The number of benzene rings is 2. The fraction of sp³-hybridized carbons (Fsp3) is 0.200. The van der Waals surface area contributed by atoms with Gasteiger partial charge >= 0.3 is 0 Å². The summed E-state index contributed by atoms with van der Waals surface area (Å²) in [4.78, 5) is 16.1. The molecule has 130 valence electrons. The molecule has 4 nitrogen and oxygen atoms in total. The normalized spacial score (nSPS) is 12.1. The van der Waals surface area contributed by atoms with Crippen molar-refractivity contribution in [2.45, 2.75) is 19.8 Å². The predicted octanol–water partition coefficient (Wildman–Crippen LogP) is 4.02. The molecule has 0 aliphatic heterocycles. The lowest BCUT2D eigenvalue weighted by atomic mass is 10.1. The molecule has 0 bridgehead atoms. The van der Waals surface area contributed by atoms with Crippen LogP contribution in [0.25, 0.3) is 5.70 Å². The lowest BCUT2D eigenvalue weighted by Gasteiger charge is -2.07. The Morgan fingerprint density at radius 1 is 1.16 bits per heavy atom. The number of amidine groups is 1. The molecular formula is C20H22ClN3O. The Bertz CT molecular complexity index is 752. The Balaban J connectivity index is 2.28. The molecule has 2 rings (SSSR count). The number of nitrogens with zero attached hydrogens (tertiary/aromatic N) is 1. The summed E-state index contributed by atoms with van der Waals surface area (Å²) < 4.78 is 0. The fourth-order valence-corrected chi connectivity index (χ4v) is 2.36. The van der Waals surface area contributed by atoms with E-state index in [1.165, 1.54) is 5.56 Å². The first-order chi connectivity index (χ1) is 12.1. The van der Waals surface area contributed by atoms with Crippen LogP contribution in [0.3, 0.4) is 0 Å². The van der Waals surface area contributed by atoms with Crippen LogP contribution in [0.2, 0.25) is 0 Å². The molecule has 0 aliphatic rings. The third kappa shape index (κ3) is 6.08. The summed E-state index contributed by atoms with van der Waals surface area (Å²) in [6.45, 7) is 2.15. The number of carbonyl (C=O) groups excluding carboxylic acids is 1. The van der Waals surface area contributed by atoms with Gasteiger partial charge in [-0.1, -0.05) is 55.8 Å². The molecule has 3 N–H and O–H groups in total. The molecular weight excluding hydrogens is 334 g/mol. The van der Waals surface area contributed by atoms with Crippen LogP contribution in [0.15, 0.2) is 65.7 Å². The van der Waals surface area contributed by atoms with Gasteiger partial charge in [-0.25, -0.2) is 4.99 Å². The van der Waals surface area contributed by atoms with E-state index in [1.54, 1.807) is 6.08 Å². The van der Waals surface area contributed by atoms with Gasteiger partial charge in [0.2, 0.25) is 5.91 Å². The lowest BCUT2D eigenvalue weighted by Crippen LogP contribution is -2.30. The number of halogens is 1. The number of nitrogens with two attached hydrogens (primary N) is 1. The third-order valence-corrected chi connectivity index (χ3v) is 3.76. The highest BCUT2D eigenvalue weighted by molar-refractivity contribution is 6.29. The van der Waals surface area contributed by atoms with E-state index in [0.29, 0.717) is 11.5 Å². The fourth-order valence-electron chi connectivity index (χ4n) is 2.30. The topological polar surface area (TPSA) is 67.5 Å². The van der Waals surface area contributed by atoms with Crippen molar-refractivity contribution >= 4 is 34.7 Å². The van der Waals surface area contributed by atoms with Crippen LogP contribution in [0.5, 0.6) is 0 Å².